The highest BCUT2D eigenvalue weighted by atomic mass is 16.5. The normalized spacial score (nSPS) is 9.88. The van der Waals surface area contributed by atoms with Gasteiger partial charge in [-0.2, -0.15) is 0 Å². The third-order valence-corrected chi connectivity index (χ3v) is 2.29. The molecule has 1 rings (SSSR count). The van der Waals surface area contributed by atoms with Gasteiger partial charge in [0.1, 0.15) is 5.75 Å². The Balaban J connectivity index is 2.34. The second-order valence-corrected chi connectivity index (χ2v) is 3.51. The standard InChI is InChI=1S/C13H18O3/c1-3-16-13(14)9-5-7-11-6-4-8-12(10-11)15-2/h4,6,8,10H,3,5,7,9H2,1-2H3. The maximum atomic E-state index is 11.1. The van der Waals surface area contributed by atoms with E-state index < -0.39 is 0 Å². The van der Waals surface area contributed by atoms with E-state index in [-0.39, 0.29) is 5.97 Å². The molecule has 16 heavy (non-hydrogen) atoms. The number of hydrogen-bond donors (Lipinski definition) is 0. The first kappa shape index (κ1) is 12.6. The van der Waals surface area contributed by atoms with Crippen molar-refractivity contribution in [2.75, 3.05) is 13.7 Å². The van der Waals surface area contributed by atoms with Gasteiger partial charge in [-0.1, -0.05) is 12.1 Å². The van der Waals surface area contributed by atoms with Gasteiger partial charge in [0.05, 0.1) is 13.7 Å². The first-order valence-corrected chi connectivity index (χ1v) is 5.54. The quantitative estimate of drug-likeness (QED) is 0.694. The summed E-state index contributed by atoms with van der Waals surface area (Å²) < 4.78 is 9.99. The van der Waals surface area contributed by atoms with E-state index in [0.717, 1.165) is 18.6 Å². The van der Waals surface area contributed by atoms with Gasteiger partial charge >= 0.3 is 5.97 Å². The zero-order chi connectivity index (χ0) is 11.8. The Kier molecular flexibility index (Phi) is 5.40. The van der Waals surface area contributed by atoms with Gasteiger partial charge in [0.15, 0.2) is 0 Å². The number of benzene rings is 1. The molecule has 0 saturated carbocycles. The fraction of sp³-hybridized carbons (Fsp3) is 0.462. The molecule has 0 heterocycles. The number of methoxy groups -OCH3 is 1. The smallest absolute Gasteiger partial charge is 0.305 e. The number of aryl methyl sites for hydroxylation is 1. The van der Waals surface area contributed by atoms with Gasteiger partial charge in [-0.05, 0) is 37.5 Å². The SMILES string of the molecule is CCOC(=O)CCCc1cccc(OC)c1. The molecule has 3 nitrogen and oxygen atoms in total. The van der Waals surface area contributed by atoms with Gasteiger partial charge in [0.25, 0.3) is 0 Å². The van der Waals surface area contributed by atoms with Gasteiger partial charge in [-0.3, -0.25) is 4.79 Å². The van der Waals surface area contributed by atoms with Crippen molar-refractivity contribution >= 4 is 5.97 Å². The summed E-state index contributed by atoms with van der Waals surface area (Å²) in [7, 11) is 1.65. The summed E-state index contributed by atoms with van der Waals surface area (Å²) in [6.45, 7) is 2.28. The highest BCUT2D eigenvalue weighted by molar-refractivity contribution is 5.69. The molecule has 0 aliphatic heterocycles. The molecule has 1 aromatic rings. The van der Waals surface area contributed by atoms with Crippen molar-refractivity contribution in [2.24, 2.45) is 0 Å². The van der Waals surface area contributed by atoms with E-state index in [2.05, 4.69) is 0 Å². The average Bonchev–Trinajstić information content (AvgIpc) is 2.30. The summed E-state index contributed by atoms with van der Waals surface area (Å²) in [6, 6.07) is 7.90. The highest BCUT2D eigenvalue weighted by Crippen LogP contribution is 2.14. The van der Waals surface area contributed by atoms with Crippen LogP contribution in [0.1, 0.15) is 25.3 Å². The van der Waals surface area contributed by atoms with Gasteiger partial charge in [-0.25, -0.2) is 0 Å². The molecule has 0 aliphatic rings. The zero-order valence-corrected chi connectivity index (χ0v) is 9.86. The molecule has 0 atom stereocenters. The molecule has 1 aromatic carbocycles. The summed E-state index contributed by atoms with van der Waals surface area (Å²) in [5.41, 5.74) is 1.18. The minimum atomic E-state index is -0.120. The van der Waals surface area contributed by atoms with Crippen LogP contribution in [0.3, 0.4) is 0 Å². The summed E-state index contributed by atoms with van der Waals surface area (Å²) in [5.74, 6) is 0.735. The summed E-state index contributed by atoms with van der Waals surface area (Å²) in [5, 5.41) is 0. The molecule has 3 heteroatoms. The highest BCUT2D eigenvalue weighted by Gasteiger charge is 2.02. The van der Waals surface area contributed by atoms with Crippen molar-refractivity contribution in [1.29, 1.82) is 0 Å². The summed E-state index contributed by atoms with van der Waals surface area (Å²) in [6.07, 6.45) is 2.16. The lowest BCUT2D eigenvalue weighted by Crippen LogP contribution is -2.04. The number of esters is 1. The van der Waals surface area contributed by atoms with Crippen LogP contribution in [-0.4, -0.2) is 19.7 Å². The molecule has 88 valence electrons. The molecule has 0 spiro atoms. The van der Waals surface area contributed by atoms with Crippen molar-refractivity contribution < 1.29 is 14.3 Å². The Hall–Kier alpha value is -1.51. The van der Waals surface area contributed by atoms with Crippen LogP contribution in [0.5, 0.6) is 5.75 Å². The molecule has 0 N–H and O–H groups in total. The van der Waals surface area contributed by atoms with Crippen LogP contribution in [0.25, 0.3) is 0 Å². The van der Waals surface area contributed by atoms with E-state index in [1.165, 1.54) is 5.56 Å². The Morgan fingerprint density at radius 3 is 2.88 bits per heavy atom. The van der Waals surface area contributed by atoms with Gasteiger partial charge in [0.2, 0.25) is 0 Å². The van der Waals surface area contributed by atoms with Gasteiger partial charge in [0, 0.05) is 6.42 Å². The molecule has 0 aromatic heterocycles. The maximum absolute atomic E-state index is 11.1. The van der Waals surface area contributed by atoms with Crippen molar-refractivity contribution in [1.82, 2.24) is 0 Å². The van der Waals surface area contributed by atoms with Crippen LogP contribution in [0, 0.1) is 0 Å². The van der Waals surface area contributed by atoms with E-state index in [9.17, 15) is 4.79 Å². The van der Waals surface area contributed by atoms with E-state index in [1.54, 1.807) is 7.11 Å². The number of carbonyl (C=O) groups is 1. The molecule has 0 saturated heterocycles. The Bertz CT molecular complexity index is 334. The number of rotatable bonds is 6. The average molecular weight is 222 g/mol. The molecular weight excluding hydrogens is 204 g/mol. The van der Waals surface area contributed by atoms with Crippen LogP contribution in [0.2, 0.25) is 0 Å². The van der Waals surface area contributed by atoms with Gasteiger partial charge in [-0.15, -0.1) is 0 Å². The second kappa shape index (κ2) is 6.88. The fourth-order valence-corrected chi connectivity index (χ4v) is 1.50. The van der Waals surface area contributed by atoms with Crippen LogP contribution in [0.4, 0.5) is 0 Å². The number of ether oxygens (including phenoxy) is 2. The van der Waals surface area contributed by atoms with Crippen molar-refractivity contribution in [3.63, 3.8) is 0 Å². The maximum Gasteiger partial charge on any atom is 0.305 e. The molecule has 0 bridgehead atoms. The number of carbonyl (C=O) groups excluding carboxylic acids is 1. The lowest BCUT2D eigenvalue weighted by molar-refractivity contribution is -0.143. The summed E-state index contributed by atoms with van der Waals surface area (Å²) in [4.78, 5) is 11.1. The topological polar surface area (TPSA) is 35.5 Å². The van der Waals surface area contributed by atoms with Crippen LogP contribution in [0.15, 0.2) is 24.3 Å². The Morgan fingerprint density at radius 2 is 2.19 bits per heavy atom. The second-order valence-electron chi connectivity index (χ2n) is 3.51. The number of hydrogen-bond acceptors (Lipinski definition) is 3. The minimum Gasteiger partial charge on any atom is -0.497 e. The van der Waals surface area contributed by atoms with Crippen LogP contribution >= 0.6 is 0 Å². The fourth-order valence-electron chi connectivity index (χ4n) is 1.50. The van der Waals surface area contributed by atoms with Crippen molar-refractivity contribution in [3.8, 4) is 5.75 Å². The largest absolute Gasteiger partial charge is 0.497 e. The molecule has 0 aliphatic carbocycles. The first-order valence-electron chi connectivity index (χ1n) is 5.54. The van der Waals surface area contributed by atoms with E-state index >= 15 is 0 Å². The van der Waals surface area contributed by atoms with E-state index in [4.69, 9.17) is 9.47 Å². The van der Waals surface area contributed by atoms with Crippen molar-refractivity contribution in [3.05, 3.63) is 29.8 Å². The molecular formula is C13H18O3. The lowest BCUT2D eigenvalue weighted by Gasteiger charge is -2.04. The van der Waals surface area contributed by atoms with Gasteiger partial charge < -0.3 is 9.47 Å². The molecule has 0 radical (unpaired) electrons. The Morgan fingerprint density at radius 1 is 1.38 bits per heavy atom. The molecule has 0 amide bonds. The first-order chi connectivity index (χ1) is 7.76. The van der Waals surface area contributed by atoms with Crippen LogP contribution in [-0.2, 0) is 16.0 Å². The molecule has 0 unspecified atom stereocenters. The third kappa shape index (κ3) is 4.34. The van der Waals surface area contributed by atoms with E-state index in [1.807, 2.05) is 31.2 Å². The Labute approximate surface area is 96.4 Å². The predicted molar refractivity (Wildman–Crippen MR) is 62.6 cm³/mol. The third-order valence-electron chi connectivity index (χ3n) is 2.29. The van der Waals surface area contributed by atoms with Crippen molar-refractivity contribution in [2.45, 2.75) is 26.2 Å². The van der Waals surface area contributed by atoms with E-state index in [0.29, 0.717) is 13.0 Å². The van der Waals surface area contributed by atoms with Crippen LogP contribution < -0.4 is 4.74 Å². The summed E-state index contributed by atoms with van der Waals surface area (Å²) >= 11 is 0. The monoisotopic (exact) mass is 222 g/mol. The molecule has 0 fully saturated rings. The lowest BCUT2D eigenvalue weighted by atomic mass is 10.1. The zero-order valence-electron chi connectivity index (χ0n) is 9.86. The predicted octanol–water partition coefficient (Wildman–Crippen LogP) is 2.58. The minimum absolute atomic E-state index is 0.120.